The molecule has 0 saturated carbocycles. The van der Waals surface area contributed by atoms with Crippen LogP contribution < -0.4 is 4.90 Å². The second-order valence-corrected chi connectivity index (χ2v) is 6.13. The summed E-state index contributed by atoms with van der Waals surface area (Å²) in [6.45, 7) is 5.77. The lowest BCUT2D eigenvalue weighted by atomic mass is 9.76. The van der Waals surface area contributed by atoms with E-state index in [0.29, 0.717) is 31.8 Å². The van der Waals surface area contributed by atoms with E-state index in [0.717, 1.165) is 30.8 Å². The van der Waals surface area contributed by atoms with Crippen LogP contribution in [0, 0.1) is 19.3 Å². The molecule has 2 rings (SSSR count). The van der Waals surface area contributed by atoms with Gasteiger partial charge in [-0.2, -0.15) is 0 Å². The number of nitrogens with zero attached hydrogens (tertiary/aromatic N) is 3. The zero-order chi connectivity index (χ0) is 16.2. The van der Waals surface area contributed by atoms with Crippen molar-refractivity contribution in [2.75, 3.05) is 31.7 Å². The van der Waals surface area contributed by atoms with E-state index in [1.807, 2.05) is 13.8 Å². The third-order valence-electron chi connectivity index (χ3n) is 4.40. The standard InChI is InChI=1S/C16H25N3O3/c1-12-10-17-13(2)18-14(12)19-8-4-6-16(11-19,15(20)21)7-5-9-22-3/h10H,4-9,11H2,1-3H3,(H,20,21)/t16-/m0/s1. The Morgan fingerprint density at radius 1 is 1.50 bits per heavy atom. The van der Waals surface area contributed by atoms with Gasteiger partial charge in [0.05, 0.1) is 5.41 Å². The SMILES string of the molecule is COCCC[C@@]1(C(=O)O)CCCN(c2nc(C)ncc2C)C1. The predicted octanol–water partition coefficient (Wildman–Crippen LogP) is 2.19. The third kappa shape index (κ3) is 3.55. The topological polar surface area (TPSA) is 75.6 Å². The van der Waals surface area contributed by atoms with E-state index in [-0.39, 0.29) is 0 Å². The Labute approximate surface area is 131 Å². The number of aryl methyl sites for hydroxylation is 2. The van der Waals surface area contributed by atoms with Gasteiger partial charge in [-0.05, 0) is 39.5 Å². The maximum atomic E-state index is 11.9. The van der Waals surface area contributed by atoms with Gasteiger partial charge >= 0.3 is 5.97 Å². The first-order valence-electron chi connectivity index (χ1n) is 7.76. The summed E-state index contributed by atoms with van der Waals surface area (Å²) in [6.07, 6.45) is 4.78. The number of hydrogen-bond acceptors (Lipinski definition) is 5. The van der Waals surface area contributed by atoms with Gasteiger partial charge < -0.3 is 14.7 Å². The fraction of sp³-hybridized carbons (Fsp3) is 0.688. The molecule has 1 aliphatic rings. The molecule has 2 heterocycles. The van der Waals surface area contributed by atoms with Crippen molar-refractivity contribution in [2.45, 2.75) is 39.5 Å². The molecule has 1 N–H and O–H groups in total. The van der Waals surface area contributed by atoms with Crippen LogP contribution in [0.25, 0.3) is 0 Å². The lowest BCUT2D eigenvalue weighted by Gasteiger charge is -2.41. The lowest BCUT2D eigenvalue weighted by Crippen LogP contribution is -2.48. The predicted molar refractivity (Wildman–Crippen MR) is 84.1 cm³/mol. The van der Waals surface area contributed by atoms with Crippen LogP contribution in [0.1, 0.15) is 37.1 Å². The molecule has 6 heteroatoms. The minimum Gasteiger partial charge on any atom is -0.481 e. The van der Waals surface area contributed by atoms with Crippen LogP contribution >= 0.6 is 0 Å². The van der Waals surface area contributed by atoms with Gasteiger partial charge in [0.2, 0.25) is 0 Å². The number of methoxy groups -OCH3 is 1. The number of carboxylic acids is 1. The molecule has 0 spiro atoms. The molecule has 122 valence electrons. The number of rotatable bonds is 6. The van der Waals surface area contributed by atoms with E-state index in [4.69, 9.17) is 4.74 Å². The maximum Gasteiger partial charge on any atom is 0.311 e. The number of aromatic nitrogens is 2. The summed E-state index contributed by atoms with van der Waals surface area (Å²) >= 11 is 0. The molecule has 0 bridgehead atoms. The normalized spacial score (nSPS) is 21.9. The first kappa shape index (κ1) is 16.7. The Hall–Kier alpha value is -1.69. The summed E-state index contributed by atoms with van der Waals surface area (Å²) in [5.41, 5.74) is 0.283. The molecule has 6 nitrogen and oxygen atoms in total. The highest BCUT2D eigenvalue weighted by atomic mass is 16.5. The van der Waals surface area contributed by atoms with Gasteiger partial charge in [-0.1, -0.05) is 0 Å². The first-order valence-corrected chi connectivity index (χ1v) is 7.76. The fourth-order valence-corrected chi connectivity index (χ4v) is 3.19. The van der Waals surface area contributed by atoms with Crippen molar-refractivity contribution in [2.24, 2.45) is 5.41 Å². The Bertz CT molecular complexity index is 535. The van der Waals surface area contributed by atoms with Crippen LogP contribution in [-0.2, 0) is 9.53 Å². The van der Waals surface area contributed by atoms with Gasteiger partial charge in [0.15, 0.2) is 0 Å². The second kappa shape index (κ2) is 7.05. The van der Waals surface area contributed by atoms with E-state index < -0.39 is 11.4 Å². The molecule has 1 aromatic heterocycles. The highest BCUT2D eigenvalue weighted by molar-refractivity contribution is 5.76. The molecule has 1 saturated heterocycles. The third-order valence-corrected chi connectivity index (χ3v) is 4.40. The monoisotopic (exact) mass is 307 g/mol. The maximum absolute atomic E-state index is 11.9. The van der Waals surface area contributed by atoms with Gasteiger partial charge in [-0.3, -0.25) is 4.79 Å². The van der Waals surface area contributed by atoms with Crippen LogP contribution in [0.15, 0.2) is 6.20 Å². The molecule has 0 unspecified atom stereocenters. The van der Waals surface area contributed by atoms with E-state index >= 15 is 0 Å². The Balaban J connectivity index is 2.21. The highest BCUT2D eigenvalue weighted by Gasteiger charge is 2.42. The number of anilines is 1. The summed E-state index contributed by atoms with van der Waals surface area (Å²) < 4.78 is 5.08. The molecule has 0 aromatic carbocycles. The number of carbonyl (C=O) groups is 1. The molecule has 1 atom stereocenters. The van der Waals surface area contributed by atoms with Crippen molar-refractivity contribution in [3.8, 4) is 0 Å². The van der Waals surface area contributed by atoms with Gasteiger partial charge in [0.25, 0.3) is 0 Å². The zero-order valence-corrected chi connectivity index (χ0v) is 13.6. The van der Waals surface area contributed by atoms with Crippen molar-refractivity contribution in [3.05, 3.63) is 17.6 Å². The zero-order valence-electron chi connectivity index (χ0n) is 13.6. The van der Waals surface area contributed by atoms with E-state index in [1.54, 1.807) is 13.3 Å². The number of ether oxygens (including phenoxy) is 1. The Morgan fingerprint density at radius 3 is 2.95 bits per heavy atom. The average molecular weight is 307 g/mol. The van der Waals surface area contributed by atoms with Crippen LogP contribution in [0.5, 0.6) is 0 Å². The van der Waals surface area contributed by atoms with Crippen molar-refractivity contribution in [1.29, 1.82) is 0 Å². The summed E-state index contributed by atoms with van der Waals surface area (Å²) in [4.78, 5) is 22.7. The molecular weight excluding hydrogens is 282 g/mol. The summed E-state index contributed by atoms with van der Waals surface area (Å²) in [5, 5.41) is 9.78. The summed E-state index contributed by atoms with van der Waals surface area (Å²) in [6, 6.07) is 0. The average Bonchev–Trinajstić information content (AvgIpc) is 2.50. The molecule has 0 amide bonds. The van der Waals surface area contributed by atoms with Crippen molar-refractivity contribution >= 4 is 11.8 Å². The van der Waals surface area contributed by atoms with E-state index in [2.05, 4.69) is 14.9 Å². The largest absolute Gasteiger partial charge is 0.481 e. The van der Waals surface area contributed by atoms with Crippen LogP contribution in [0.4, 0.5) is 5.82 Å². The number of hydrogen-bond donors (Lipinski definition) is 1. The number of piperidine rings is 1. The molecule has 1 aromatic rings. The van der Waals surface area contributed by atoms with Gasteiger partial charge in [0.1, 0.15) is 11.6 Å². The van der Waals surface area contributed by atoms with Crippen LogP contribution in [0.3, 0.4) is 0 Å². The van der Waals surface area contributed by atoms with Crippen molar-refractivity contribution < 1.29 is 14.6 Å². The van der Waals surface area contributed by atoms with Gasteiger partial charge in [0, 0.05) is 38.6 Å². The Morgan fingerprint density at radius 2 is 2.27 bits per heavy atom. The van der Waals surface area contributed by atoms with E-state index in [9.17, 15) is 9.90 Å². The van der Waals surface area contributed by atoms with Gasteiger partial charge in [-0.25, -0.2) is 9.97 Å². The van der Waals surface area contributed by atoms with E-state index in [1.165, 1.54) is 0 Å². The van der Waals surface area contributed by atoms with Crippen molar-refractivity contribution in [3.63, 3.8) is 0 Å². The molecule has 1 aliphatic heterocycles. The molecular formula is C16H25N3O3. The Kier molecular flexibility index (Phi) is 5.34. The highest BCUT2D eigenvalue weighted by Crippen LogP contribution is 2.37. The summed E-state index contributed by atoms with van der Waals surface area (Å²) in [7, 11) is 1.65. The lowest BCUT2D eigenvalue weighted by molar-refractivity contribution is -0.150. The van der Waals surface area contributed by atoms with Gasteiger partial charge in [-0.15, -0.1) is 0 Å². The fourth-order valence-electron chi connectivity index (χ4n) is 3.19. The van der Waals surface area contributed by atoms with Crippen LogP contribution in [0.2, 0.25) is 0 Å². The van der Waals surface area contributed by atoms with Crippen LogP contribution in [-0.4, -0.2) is 47.8 Å². The number of aliphatic carboxylic acids is 1. The summed E-state index contributed by atoms with van der Waals surface area (Å²) in [5.74, 6) is 0.868. The molecule has 1 fully saturated rings. The minimum atomic E-state index is -0.711. The molecule has 22 heavy (non-hydrogen) atoms. The molecule has 0 radical (unpaired) electrons. The second-order valence-electron chi connectivity index (χ2n) is 6.13. The first-order chi connectivity index (χ1) is 10.5. The minimum absolute atomic E-state index is 0.503. The molecule has 0 aliphatic carbocycles. The quantitative estimate of drug-likeness (QED) is 0.812. The van der Waals surface area contributed by atoms with Crippen molar-refractivity contribution in [1.82, 2.24) is 9.97 Å². The smallest absolute Gasteiger partial charge is 0.311 e. The number of carboxylic acid groups (broad SMARTS) is 1.